The summed E-state index contributed by atoms with van der Waals surface area (Å²) in [4.78, 5) is 36.6. The summed E-state index contributed by atoms with van der Waals surface area (Å²) in [5, 5.41) is 5.12. The third kappa shape index (κ3) is 7.39. The van der Waals surface area contributed by atoms with E-state index in [1.165, 1.54) is 0 Å². The molecule has 10 heteroatoms. The number of benzene rings is 3. The number of carbonyl (C=O) groups excluding carboxylic acids is 3. The molecule has 174 valence electrons. The van der Waals surface area contributed by atoms with Crippen LogP contribution in [0.2, 0.25) is 0 Å². The van der Waals surface area contributed by atoms with E-state index in [1.807, 2.05) is 19.1 Å². The maximum Gasteiger partial charge on any atom is 0.269 e. The molecular formula is C24H21BrN4O4S. The molecule has 4 N–H and O–H groups in total. The highest BCUT2D eigenvalue weighted by atomic mass is 79.9. The lowest BCUT2D eigenvalue weighted by atomic mass is 10.1. The summed E-state index contributed by atoms with van der Waals surface area (Å²) in [6.45, 7) is 1.62. The minimum Gasteiger partial charge on any atom is -0.484 e. The molecule has 3 rings (SSSR count). The lowest BCUT2D eigenvalue weighted by Gasteiger charge is -2.12. The first-order valence-corrected chi connectivity index (χ1v) is 11.3. The van der Waals surface area contributed by atoms with Gasteiger partial charge >= 0.3 is 0 Å². The van der Waals surface area contributed by atoms with Crippen LogP contribution in [0, 0.1) is 6.92 Å². The van der Waals surface area contributed by atoms with Crippen LogP contribution in [0.4, 0.5) is 5.69 Å². The average Bonchev–Trinajstić information content (AvgIpc) is 2.83. The summed E-state index contributed by atoms with van der Waals surface area (Å²) in [6, 6.07) is 20.6. The second-order valence-corrected chi connectivity index (χ2v) is 8.37. The minimum atomic E-state index is -0.483. The van der Waals surface area contributed by atoms with E-state index < -0.39 is 11.8 Å². The van der Waals surface area contributed by atoms with E-state index in [0.717, 1.165) is 10.0 Å². The number of hydrazine groups is 1. The van der Waals surface area contributed by atoms with Crippen molar-refractivity contribution in [2.45, 2.75) is 6.92 Å². The predicted octanol–water partition coefficient (Wildman–Crippen LogP) is 3.72. The van der Waals surface area contributed by atoms with Crippen molar-refractivity contribution in [3.05, 3.63) is 94.0 Å². The van der Waals surface area contributed by atoms with Gasteiger partial charge in [-0.3, -0.25) is 30.6 Å². The Morgan fingerprint density at radius 1 is 0.882 bits per heavy atom. The van der Waals surface area contributed by atoms with E-state index in [4.69, 9.17) is 17.0 Å². The Morgan fingerprint density at radius 2 is 1.56 bits per heavy atom. The maximum atomic E-state index is 12.4. The van der Waals surface area contributed by atoms with E-state index in [9.17, 15) is 14.4 Å². The van der Waals surface area contributed by atoms with E-state index in [0.29, 0.717) is 22.6 Å². The molecule has 0 aliphatic carbocycles. The number of hydrogen-bond acceptors (Lipinski definition) is 5. The minimum absolute atomic E-state index is 0.0835. The standard InChI is InChI=1S/C24H21BrN4O4S/c1-15-4-2-3-5-20(15)23(32)26-18-10-6-16(7-11-18)22(31)28-29-24(34)27-21(30)14-33-19-12-8-17(25)9-13-19/h2-13H,14H2,1H3,(H,26,32)(H,28,31)(H2,27,29,30,34). The van der Waals surface area contributed by atoms with E-state index in [2.05, 4.69) is 37.4 Å². The molecule has 0 bridgehead atoms. The topological polar surface area (TPSA) is 109 Å². The summed E-state index contributed by atoms with van der Waals surface area (Å²) in [5.41, 5.74) is 7.18. The van der Waals surface area contributed by atoms with Crippen molar-refractivity contribution in [3.63, 3.8) is 0 Å². The Hall–Kier alpha value is -3.76. The van der Waals surface area contributed by atoms with Gasteiger partial charge in [0.1, 0.15) is 5.75 Å². The molecule has 0 aromatic heterocycles. The van der Waals surface area contributed by atoms with Gasteiger partial charge in [-0.2, -0.15) is 0 Å². The molecule has 0 fully saturated rings. The maximum absolute atomic E-state index is 12.4. The average molecular weight is 541 g/mol. The van der Waals surface area contributed by atoms with Gasteiger partial charge in [0.05, 0.1) is 0 Å². The zero-order chi connectivity index (χ0) is 24.5. The molecule has 0 unspecified atom stereocenters. The summed E-state index contributed by atoms with van der Waals surface area (Å²) in [5.74, 6) is -0.658. The van der Waals surface area contributed by atoms with Crippen LogP contribution in [-0.2, 0) is 4.79 Å². The normalized spacial score (nSPS) is 10.1. The predicted molar refractivity (Wildman–Crippen MR) is 137 cm³/mol. The molecular weight excluding hydrogens is 520 g/mol. The number of anilines is 1. The highest BCUT2D eigenvalue weighted by Crippen LogP contribution is 2.16. The number of ether oxygens (including phenoxy) is 1. The molecule has 34 heavy (non-hydrogen) atoms. The van der Waals surface area contributed by atoms with Crippen molar-refractivity contribution in [1.82, 2.24) is 16.2 Å². The first-order valence-electron chi connectivity index (χ1n) is 10.1. The van der Waals surface area contributed by atoms with Crippen LogP contribution in [-0.4, -0.2) is 29.4 Å². The Bertz CT molecular complexity index is 1200. The van der Waals surface area contributed by atoms with E-state index >= 15 is 0 Å². The zero-order valence-corrected chi connectivity index (χ0v) is 20.5. The van der Waals surface area contributed by atoms with Gasteiger partial charge in [-0.05, 0) is 79.3 Å². The van der Waals surface area contributed by atoms with Crippen molar-refractivity contribution >= 4 is 56.7 Å². The van der Waals surface area contributed by atoms with Crippen LogP contribution in [0.1, 0.15) is 26.3 Å². The molecule has 8 nitrogen and oxygen atoms in total. The molecule has 3 aromatic rings. The molecule has 3 amide bonds. The number of amides is 3. The van der Waals surface area contributed by atoms with Crippen LogP contribution in [0.15, 0.2) is 77.3 Å². The molecule has 0 spiro atoms. The van der Waals surface area contributed by atoms with Gasteiger partial charge in [0.2, 0.25) is 0 Å². The molecule has 3 aromatic carbocycles. The van der Waals surface area contributed by atoms with Crippen molar-refractivity contribution in [1.29, 1.82) is 0 Å². The number of thiocarbonyl (C=S) groups is 1. The number of rotatable bonds is 6. The Morgan fingerprint density at radius 3 is 2.24 bits per heavy atom. The highest BCUT2D eigenvalue weighted by Gasteiger charge is 2.11. The number of nitrogens with one attached hydrogen (secondary N) is 4. The van der Waals surface area contributed by atoms with Gasteiger partial charge in [0.15, 0.2) is 11.7 Å². The van der Waals surface area contributed by atoms with Crippen molar-refractivity contribution in [2.75, 3.05) is 11.9 Å². The van der Waals surface area contributed by atoms with Gasteiger partial charge in [-0.1, -0.05) is 34.1 Å². The van der Waals surface area contributed by atoms with Gasteiger partial charge < -0.3 is 10.1 Å². The third-order valence-corrected chi connectivity index (χ3v) is 5.25. The fraction of sp³-hybridized carbons (Fsp3) is 0.0833. The molecule has 0 aliphatic rings. The molecule has 0 saturated carbocycles. The molecule has 0 atom stereocenters. The van der Waals surface area contributed by atoms with Crippen LogP contribution < -0.4 is 26.2 Å². The van der Waals surface area contributed by atoms with Crippen molar-refractivity contribution < 1.29 is 19.1 Å². The Balaban J connectivity index is 1.43. The van der Waals surface area contributed by atoms with Crippen LogP contribution in [0.5, 0.6) is 5.75 Å². The van der Waals surface area contributed by atoms with Crippen molar-refractivity contribution in [3.8, 4) is 5.75 Å². The first kappa shape index (κ1) is 24.9. The van der Waals surface area contributed by atoms with Gasteiger partial charge in [-0.15, -0.1) is 0 Å². The molecule has 0 aliphatic heterocycles. The summed E-state index contributed by atoms with van der Waals surface area (Å²) in [6.07, 6.45) is 0. The van der Waals surface area contributed by atoms with Crippen LogP contribution in [0.25, 0.3) is 0 Å². The number of aryl methyl sites for hydroxylation is 1. The fourth-order valence-corrected chi connectivity index (χ4v) is 3.22. The Kier molecular flexibility index (Phi) is 8.72. The first-order chi connectivity index (χ1) is 16.3. The Labute approximate surface area is 210 Å². The lowest BCUT2D eigenvalue weighted by molar-refractivity contribution is -0.121. The fourth-order valence-electron chi connectivity index (χ4n) is 2.79. The second-order valence-electron chi connectivity index (χ2n) is 7.05. The van der Waals surface area contributed by atoms with Crippen LogP contribution >= 0.6 is 28.1 Å². The number of halogens is 1. The molecule has 0 saturated heterocycles. The van der Waals surface area contributed by atoms with Gasteiger partial charge in [0, 0.05) is 21.3 Å². The molecule has 0 heterocycles. The quantitative estimate of drug-likeness (QED) is 0.280. The summed E-state index contributed by atoms with van der Waals surface area (Å²) < 4.78 is 6.25. The lowest BCUT2D eigenvalue weighted by Crippen LogP contribution is -2.49. The van der Waals surface area contributed by atoms with Gasteiger partial charge in [0.25, 0.3) is 17.7 Å². The van der Waals surface area contributed by atoms with Crippen LogP contribution in [0.3, 0.4) is 0 Å². The number of carbonyl (C=O) groups is 3. The second kappa shape index (κ2) is 11.9. The molecule has 0 radical (unpaired) electrons. The van der Waals surface area contributed by atoms with Gasteiger partial charge in [-0.25, -0.2) is 0 Å². The summed E-state index contributed by atoms with van der Waals surface area (Å²) >= 11 is 8.32. The van der Waals surface area contributed by atoms with E-state index in [-0.39, 0.29) is 17.6 Å². The smallest absolute Gasteiger partial charge is 0.269 e. The zero-order valence-electron chi connectivity index (χ0n) is 18.1. The monoisotopic (exact) mass is 540 g/mol. The SMILES string of the molecule is Cc1ccccc1C(=O)Nc1ccc(C(=O)NNC(=S)NC(=O)COc2ccc(Br)cc2)cc1. The van der Waals surface area contributed by atoms with E-state index in [1.54, 1.807) is 60.7 Å². The highest BCUT2D eigenvalue weighted by molar-refractivity contribution is 9.10. The largest absolute Gasteiger partial charge is 0.484 e. The van der Waals surface area contributed by atoms with Crippen molar-refractivity contribution in [2.24, 2.45) is 0 Å². The third-order valence-electron chi connectivity index (χ3n) is 4.52. The summed E-state index contributed by atoms with van der Waals surface area (Å²) in [7, 11) is 0. The number of hydrogen-bond donors (Lipinski definition) is 4.